The van der Waals surface area contributed by atoms with Crippen LogP contribution in [0.15, 0.2) is 42.7 Å². The number of benzene rings is 1. The maximum atomic E-state index is 5.51. The summed E-state index contributed by atoms with van der Waals surface area (Å²) in [7, 11) is 0. The van der Waals surface area contributed by atoms with Gasteiger partial charge in [-0.1, -0.05) is 0 Å². The Morgan fingerprint density at radius 2 is 2.06 bits per heavy atom. The Hall–Kier alpha value is -1.81. The summed E-state index contributed by atoms with van der Waals surface area (Å²) < 4.78 is 7.32. The number of nitrogens with zero attached hydrogens (tertiary/aromatic N) is 2. The van der Waals surface area contributed by atoms with Crippen LogP contribution in [-0.4, -0.2) is 22.9 Å². The third kappa shape index (κ3) is 2.61. The molecule has 1 aromatic heterocycles. The fourth-order valence-corrected chi connectivity index (χ4v) is 1.39. The van der Waals surface area contributed by atoms with Gasteiger partial charge < -0.3 is 10.5 Å². The van der Waals surface area contributed by atoms with Crippen molar-refractivity contribution in [2.45, 2.75) is 6.42 Å². The normalized spacial score (nSPS) is 10.3. The minimum atomic E-state index is 0.658. The van der Waals surface area contributed by atoms with Gasteiger partial charge in [-0.25, -0.2) is 4.68 Å². The zero-order valence-corrected chi connectivity index (χ0v) is 9.04. The monoisotopic (exact) mass is 217 g/mol. The molecule has 0 aliphatic carbocycles. The molecule has 0 amide bonds. The molecule has 2 rings (SSSR count). The summed E-state index contributed by atoms with van der Waals surface area (Å²) in [6.07, 6.45) is 4.54. The van der Waals surface area contributed by atoms with Gasteiger partial charge in [0.25, 0.3) is 0 Å². The highest BCUT2D eigenvalue weighted by atomic mass is 16.5. The molecule has 0 saturated heterocycles. The molecule has 0 fully saturated rings. The smallest absolute Gasteiger partial charge is 0.119 e. The van der Waals surface area contributed by atoms with Crippen LogP contribution in [0.1, 0.15) is 6.42 Å². The molecule has 4 heteroatoms. The lowest BCUT2D eigenvalue weighted by Gasteiger charge is -2.06. The second-order valence-corrected chi connectivity index (χ2v) is 3.44. The largest absolute Gasteiger partial charge is 0.494 e. The predicted molar refractivity (Wildman–Crippen MR) is 62.7 cm³/mol. The number of rotatable bonds is 5. The number of hydrogen-bond acceptors (Lipinski definition) is 3. The fraction of sp³-hybridized carbons (Fsp3) is 0.250. The van der Waals surface area contributed by atoms with E-state index in [1.54, 1.807) is 6.20 Å². The van der Waals surface area contributed by atoms with Gasteiger partial charge in [0.2, 0.25) is 0 Å². The van der Waals surface area contributed by atoms with E-state index in [2.05, 4.69) is 5.10 Å². The highest BCUT2D eigenvalue weighted by molar-refractivity contribution is 5.36. The van der Waals surface area contributed by atoms with Crippen molar-refractivity contribution in [2.24, 2.45) is 5.73 Å². The van der Waals surface area contributed by atoms with Crippen LogP contribution in [0.4, 0.5) is 0 Å². The van der Waals surface area contributed by atoms with Crippen LogP contribution < -0.4 is 10.5 Å². The van der Waals surface area contributed by atoms with Crippen molar-refractivity contribution in [3.8, 4) is 11.4 Å². The average molecular weight is 217 g/mol. The molecule has 1 aromatic carbocycles. The van der Waals surface area contributed by atoms with Gasteiger partial charge in [-0.3, -0.25) is 0 Å². The van der Waals surface area contributed by atoms with Crippen molar-refractivity contribution in [1.29, 1.82) is 0 Å². The first-order chi connectivity index (χ1) is 7.90. The van der Waals surface area contributed by atoms with Crippen molar-refractivity contribution < 1.29 is 4.74 Å². The van der Waals surface area contributed by atoms with Crippen molar-refractivity contribution in [3.63, 3.8) is 0 Å². The van der Waals surface area contributed by atoms with E-state index in [1.807, 2.05) is 41.2 Å². The van der Waals surface area contributed by atoms with E-state index >= 15 is 0 Å². The molecule has 0 atom stereocenters. The van der Waals surface area contributed by atoms with E-state index in [1.165, 1.54) is 0 Å². The summed E-state index contributed by atoms with van der Waals surface area (Å²) in [4.78, 5) is 0. The van der Waals surface area contributed by atoms with E-state index in [4.69, 9.17) is 10.5 Å². The van der Waals surface area contributed by atoms with Gasteiger partial charge in [0.15, 0.2) is 0 Å². The Balaban J connectivity index is 2.00. The molecular weight excluding hydrogens is 202 g/mol. The maximum Gasteiger partial charge on any atom is 0.119 e. The van der Waals surface area contributed by atoms with Gasteiger partial charge in [-0.15, -0.1) is 0 Å². The van der Waals surface area contributed by atoms with E-state index in [-0.39, 0.29) is 0 Å². The Morgan fingerprint density at radius 3 is 2.69 bits per heavy atom. The second kappa shape index (κ2) is 5.32. The summed E-state index contributed by atoms with van der Waals surface area (Å²) in [5.74, 6) is 0.865. The molecule has 0 aliphatic rings. The third-order valence-corrected chi connectivity index (χ3v) is 2.22. The number of ether oxygens (including phenoxy) is 1. The number of aromatic nitrogens is 2. The molecule has 84 valence electrons. The van der Waals surface area contributed by atoms with Crippen molar-refractivity contribution in [3.05, 3.63) is 42.7 Å². The molecule has 0 spiro atoms. The van der Waals surface area contributed by atoms with E-state index in [0.717, 1.165) is 17.9 Å². The Labute approximate surface area is 94.6 Å². The van der Waals surface area contributed by atoms with Crippen LogP contribution in [-0.2, 0) is 0 Å². The molecule has 0 saturated carbocycles. The van der Waals surface area contributed by atoms with Crippen LogP contribution in [0.3, 0.4) is 0 Å². The summed E-state index contributed by atoms with van der Waals surface area (Å²) >= 11 is 0. The number of hydrogen-bond donors (Lipinski definition) is 1. The summed E-state index contributed by atoms with van der Waals surface area (Å²) in [5, 5.41) is 4.15. The topological polar surface area (TPSA) is 53.1 Å². The lowest BCUT2D eigenvalue weighted by molar-refractivity contribution is 0.313. The molecule has 0 aliphatic heterocycles. The van der Waals surface area contributed by atoms with Gasteiger partial charge in [0, 0.05) is 12.4 Å². The minimum absolute atomic E-state index is 0.658. The lowest BCUT2D eigenvalue weighted by Crippen LogP contribution is -2.06. The first-order valence-corrected chi connectivity index (χ1v) is 5.33. The molecule has 1 heterocycles. The molecule has 0 unspecified atom stereocenters. The fourth-order valence-electron chi connectivity index (χ4n) is 1.39. The van der Waals surface area contributed by atoms with E-state index < -0.39 is 0 Å². The van der Waals surface area contributed by atoms with Crippen LogP contribution in [0.25, 0.3) is 5.69 Å². The van der Waals surface area contributed by atoms with Crippen LogP contribution in [0, 0.1) is 0 Å². The van der Waals surface area contributed by atoms with Gasteiger partial charge >= 0.3 is 0 Å². The lowest BCUT2D eigenvalue weighted by atomic mass is 10.3. The second-order valence-electron chi connectivity index (χ2n) is 3.44. The molecule has 2 N–H and O–H groups in total. The van der Waals surface area contributed by atoms with Crippen molar-refractivity contribution >= 4 is 0 Å². The van der Waals surface area contributed by atoms with E-state index in [0.29, 0.717) is 13.2 Å². The molecule has 0 radical (unpaired) electrons. The molecule has 16 heavy (non-hydrogen) atoms. The standard InChI is InChI=1S/C12H15N3O/c13-7-1-10-16-12-5-3-11(4-6-12)15-9-2-8-14-15/h2-6,8-9H,1,7,10,13H2. The molecule has 4 nitrogen and oxygen atoms in total. The Bertz CT molecular complexity index is 408. The minimum Gasteiger partial charge on any atom is -0.494 e. The summed E-state index contributed by atoms with van der Waals surface area (Å²) in [6.45, 7) is 1.32. The molecule has 0 bridgehead atoms. The van der Waals surface area contributed by atoms with Gasteiger partial charge in [-0.2, -0.15) is 5.10 Å². The quantitative estimate of drug-likeness (QED) is 0.774. The molecular formula is C12H15N3O. The van der Waals surface area contributed by atoms with Gasteiger partial charge in [0.1, 0.15) is 5.75 Å². The third-order valence-electron chi connectivity index (χ3n) is 2.22. The van der Waals surface area contributed by atoms with Crippen LogP contribution in [0.2, 0.25) is 0 Å². The SMILES string of the molecule is NCCCOc1ccc(-n2cccn2)cc1. The van der Waals surface area contributed by atoms with Gasteiger partial charge in [-0.05, 0) is 43.3 Å². The number of nitrogens with two attached hydrogens (primary N) is 1. The average Bonchev–Trinajstić information content (AvgIpc) is 2.84. The van der Waals surface area contributed by atoms with Gasteiger partial charge in [0.05, 0.1) is 12.3 Å². The molecule has 2 aromatic rings. The first kappa shape index (κ1) is 10.7. The Kier molecular flexibility index (Phi) is 3.56. The van der Waals surface area contributed by atoms with Crippen molar-refractivity contribution in [1.82, 2.24) is 9.78 Å². The van der Waals surface area contributed by atoms with Crippen molar-refractivity contribution in [2.75, 3.05) is 13.2 Å². The van der Waals surface area contributed by atoms with Crippen LogP contribution >= 0.6 is 0 Å². The van der Waals surface area contributed by atoms with E-state index in [9.17, 15) is 0 Å². The highest BCUT2D eigenvalue weighted by Crippen LogP contribution is 2.14. The summed E-state index contributed by atoms with van der Waals surface area (Å²) in [6, 6.07) is 9.72. The predicted octanol–water partition coefficient (Wildman–Crippen LogP) is 1.60. The Morgan fingerprint density at radius 1 is 1.25 bits per heavy atom. The maximum absolute atomic E-state index is 5.51. The zero-order chi connectivity index (χ0) is 11.2. The first-order valence-electron chi connectivity index (χ1n) is 5.33. The zero-order valence-electron chi connectivity index (χ0n) is 9.04. The van der Waals surface area contributed by atoms with Crippen LogP contribution in [0.5, 0.6) is 5.75 Å². The summed E-state index contributed by atoms with van der Waals surface area (Å²) in [5.41, 5.74) is 6.41. The highest BCUT2D eigenvalue weighted by Gasteiger charge is 1.97.